The summed E-state index contributed by atoms with van der Waals surface area (Å²) < 4.78 is 48.7. The number of rotatable bonds is 6. The number of aliphatic hydroxyl groups is 1. The van der Waals surface area contributed by atoms with Gasteiger partial charge in [-0.05, 0) is 43.1 Å². The van der Waals surface area contributed by atoms with Gasteiger partial charge in [-0.25, -0.2) is 0 Å². The predicted octanol–water partition coefficient (Wildman–Crippen LogP) is 5.41. The average molecular weight is 477 g/mol. The van der Waals surface area contributed by atoms with Gasteiger partial charge in [0.05, 0.1) is 18.3 Å². The van der Waals surface area contributed by atoms with Crippen molar-refractivity contribution in [2.24, 2.45) is 0 Å². The number of alkyl halides is 3. The van der Waals surface area contributed by atoms with Crippen LogP contribution in [0.25, 0.3) is 11.1 Å². The van der Waals surface area contributed by atoms with Crippen LogP contribution in [0, 0.1) is 0 Å². The van der Waals surface area contributed by atoms with Gasteiger partial charge < -0.3 is 19.6 Å². The van der Waals surface area contributed by atoms with E-state index in [1.165, 1.54) is 7.11 Å². The first-order chi connectivity index (χ1) is 16.2. The van der Waals surface area contributed by atoms with Crippen molar-refractivity contribution in [2.75, 3.05) is 46.9 Å². The zero-order valence-electron chi connectivity index (χ0n) is 20.1. The number of halogens is 3. The van der Waals surface area contributed by atoms with Crippen molar-refractivity contribution in [1.82, 2.24) is 9.80 Å². The molecule has 2 aromatic carbocycles. The van der Waals surface area contributed by atoms with Crippen LogP contribution in [-0.2, 0) is 6.18 Å². The number of likely N-dealkylation sites (N-methyl/N-ethyl adjacent to an activating group) is 1. The molecule has 0 radical (unpaired) electrons. The molecule has 7 heteroatoms. The third-order valence-electron chi connectivity index (χ3n) is 7.54. The number of hydrogen-bond donors (Lipinski definition) is 1. The Morgan fingerprint density at radius 3 is 2.24 bits per heavy atom. The smallest absolute Gasteiger partial charge is 0.416 e. The second kappa shape index (κ2) is 10.3. The molecule has 186 valence electrons. The summed E-state index contributed by atoms with van der Waals surface area (Å²) in [5.74, 6) is -0.447. The molecule has 1 unspecified atom stereocenters. The van der Waals surface area contributed by atoms with Gasteiger partial charge in [-0.1, -0.05) is 49.6 Å². The molecule has 1 aliphatic heterocycles. The van der Waals surface area contributed by atoms with E-state index in [-0.39, 0.29) is 11.3 Å². The van der Waals surface area contributed by atoms with Gasteiger partial charge in [0, 0.05) is 44.2 Å². The lowest BCUT2D eigenvalue weighted by atomic mass is 9.71. The van der Waals surface area contributed by atoms with Crippen molar-refractivity contribution in [2.45, 2.75) is 49.8 Å². The Bertz CT molecular complexity index is 950. The molecule has 4 rings (SSSR count). The Kier molecular flexibility index (Phi) is 7.55. The van der Waals surface area contributed by atoms with E-state index in [9.17, 15) is 18.3 Å². The van der Waals surface area contributed by atoms with Gasteiger partial charge in [-0.3, -0.25) is 0 Å². The Morgan fingerprint density at radius 1 is 1.00 bits per heavy atom. The van der Waals surface area contributed by atoms with E-state index in [2.05, 4.69) is 16.8 Å². The van der Waals surface area contributed by atoms with E-state index < -0.39 is 23.3 Å². The molecule has 2 aromatic rings. The molecule has 2 fully saturated rings. The number of methoxy groups -OCH3 is 1. The van der Waals surface area contributed by atoms with Crippen molar-refractivity contribution >= 4 is 0 Å². The first-order valence-corrected chi connectivity index (χ1v) is 12.2. The van der Waals surface area contributed by atoms with Crippen LogP contribution in [0.15, 0.2) is 42.5 Å². The molecule has 0 spiro atoms. The molecule has 1 heterocycles. The highest BCUT2D eigenvalue weighted by Gasteiger charge is 2.45. The molecule has 1 N–H and O–H groups in total. The van der Waals surface area contributed by atoms with Crippen LogP contribution in [0.5, 0.6) is 5.75 Å². The Hall–Kier alpha value is -2.09. The zero-order valence-corrected chi connectivity index (χ0v) is 20.1. The van der Waals surface area contributed by atoms with Crippen LogP contribution < -0.4 is 4.74 Å². The highest BCUT2D eigenvalue weighted by molar-refractivity contribution is 5.72. The van der Waals surface area contributed by atoms with Gasteiger partial charge in [0.2, 0.25) is 0 Å². The molecule has 2 aliphatic rings. The fourth-order valence-electron chi connectivity index (χ4n) is 5.50. The van der Waals surface area contributed by atoms with Crippen molar-refractivity contribution < 1.29 is 23.0 Å². The van der Waals surface area contributed by atoms with Gasteiger partial charge in [0.1, 0.15) is 5.75 Å². The van der Waals surface area contributed by atoms with Crippen LogP contribution in [0.1, 0.15) is 49.1 Å². The van der Waals surface area contributed by atoms with Crippen molar-refractivity contribution in [3.8, 4) is 16.9 Å². The molecule has 1 aliphatic carbocycles. The lowest BCUT2D eigenvalue weighted by molar-refractivity contribution is -0.139. The minimum absolute atomic E-state index is 0.176. The van der Waals surface area contributed by atoms with Crippen molar-refractivity contribution in [3.05, 3.63) is 53.6 Å². The number of benzene rings is 2. The Balaban J connectivity index is 1.85. The Morgan fingerprint density at radius 2 is 1.65 bits per heavy atom. The fourth-order valence-corrected chi connectivity index (χ4v) is 5.50. The van der Waals surface area contributed by atoms with Gasteiger partial charge >= 0.3 is 6.18 Å². The molecule has 34 heavy (non-hydrogen) atoms. The van der Waals surface area contributed by atoms with E-state index in [1.54, 1.807) is 6.07 Å². The molecule has 1 atom stereocenters. The summed E-state index contributed by atoms with van der Waals surface area (Å²) in [5, 5.41) is 11.8. The van der Waals surface area contributed by atoms with Crippen LogP contribution in [0.2, 0.25) is 0 Å². The molecule has 0 bridgehead atoms. The maximum atomic E-state index is 14.4. The van der Waals surface area contributed by atoms with Gasteiger partial charge in [0.15, 0.2) is 0 Å². The van der Waals surface area contributed by atoms with E-state index in [0.29, 0.717) is 24.9 Å². The first-order valence-electron chi connectivity index (χ1n) is 12.2. The average Bonchev–Trinajstić information content (AvgIpc) is 2.83. The van der Waals surface area contributed by atoms with Crippen LogP contribution >= 0.6 is 0 Å². The zero-order chi connectivity index (χ0) is 24.3. The maximum Gasteiger partial charge on any atom is 0.416 e. The van der Waals surface area contributed by atoms with Crippen molar-refractivity contribution in [1.29, 1.82) is 0 Å². The summed E-state index contributed by atoms with van der Waals surface area (Å²) in [4.78, 5) is 4.44. The summed E-state index contributed by atoms with van der Waals surface area (Å²) in [5.41, 5.74) is -0.278. The van der Waals surface area contributed by atoms with Crippen molar-refractivity contribution in [3.63, 3.8) is 0 Å². The number of hydrogen-bond acceptors (Lipinski definition) is 4. The van der Waals surface area contributed by atoms with E-state index >= 15 is 0 Å². The monoisotopic (exact) mass is 476 g/mol. The van der Waals surface area contributed by atoms with Crippen LogP contribution in [-0.4, -0.2) is 67.4 Å². The van der Waals surface area contributed by atoms with Gasteiger partial charge in [0.25, 0.3) is 0 Å². The molecule has 1 saturated heterocycles. The molecule has 0 amide bonds. The summed E-state index contributed by atoms with van der Waals surface area (Å²) in [6, 6.07) is 12.1. The second-order valence-corrected chi connectivity index (χ2v) is 9.82. The summed E-state index contributed by atoms with van der Waals surface area (Å²) >= 11 is 0. The fraction of sp³-hybridized carbons (Fsp3) is 0.556. The quantitative estimate of drug-likeness (QED) is 0.605. The first kappa shape index (κ1) is 25.0. The van der Waals surface area contributed by atoms with Crippen LogP contribution in [0.3, 0.4) is 0 Å². The minimum Gasteiger partial charge on any atom is -0.496 e. The van der Waals surface area contributed by atoms with Gasteiger partial charge in [-0.15, -0.1) is 0 Å². The number of piperazine rings is 1. The lowest BCUT2D eigenvalue weighted by Gasteiger charge is -2.44. The van der Waals surface area contributed by atoms with E-state index in [1.807, 2.05) is 30.3 Å². The standard InChI is InChI=1S/C27H35F3N2O2/c1-31-13-15-32(16-14-31)19-24(26(33)11-7-4-8-12-26)22-17-21(20-9-5-3-6-10-20)25(34-2)18-23(22)27(28,29)30/h3,5-6,9-10,17-18,24,33H,4,7-8,11-16,19H2,1-2H3. The number of ether oxygens (including phenoxy) is 1. The summed E-state index contributed by atoms with van der Waals surface area (Å²) in [7, 11) is 3.46. The second-order valence-electron chi connectivity index (χ2n) is 9.82. The van der Waals surface area contributed by atoms with Crippen LogP contribution in [0.4, 0.5) is 13.2 Å². The Labute approximate surface area is 200 Å². The molecule has 4 nitrogen and oxygen atoms in total. The normalized spacial score (nSPS) is 20.8. The third-order valence-corrected chi connectivity index (χ3v) is 7.54. The largest absolute Gasteiger partial charge is 0.496 e. The molecular weight excluding hydrogens is 441 g/mol. The van der Waals surface area contributed by atoms with E-state index in [0.717, 1.165) is 57.1 Å². The topological polar surface area (TPSA) is 35.9 Å². The van der Waals surface area contributed by atoms with E-state index in [4.69, 9.17) is 4.74 Å². The lowest BCUT2D eigenvalue weighted by Crippen LogP contribution is -2.50. The molecular formula is C27H35F3N2O2. The van der Waals surface area contributed by atoms with Gasteiger partial charge in [-0.2, -0.15) is 13.2 Å². The summed E-state index contributed by atoms with van der Waals surface area (Å²) in [6.45, 7) is 3.72. The predicted molar refractivity (Wildman–Crippen MR) is 128 cm³/mol. The molecule has 1 saturated carbocycles. The highest BCUT2D eigenvalue weighted by Crippen LogP contribution is 2.48. The minimum atomic E-state index is -4.55. The molecule has 0 aromatic heterocycles. The number of nitrogens with zero attached hydrogens (tertiary/aromatic N) is 2. The summed E-state index contributed by atoms with van der Waals surface area (Å²) in [6.07, 6.45) is -0.834. The highest BCUT2D eigenvalue weighted by atomic mass is 19.4. The SMILES string of the molecule is COc1cc(C(F)(F)F)c(C(CN2CCN(C)CC2)C2(O)CCCCC2)cc1-c1ccccc1. The maximum absolute atomic E-state index is 14.4. The third kappa shape index (κ3) is 5.42.